The summed E-state index contributed by atoms with van der Waals surface area (Å²) in [6.07, 6.45) is 0.650. The van der Waals surface area contributed by atoms with E-state index >= 15 is 0 Å². The third kappa shape index (κ3) is 4.85. The molecule has 0 radical (unpaired) electrons. The number of thioether (sulfide) groups is 1. The van der Waals surface area contributed by atoms with Gasteiger partial charge in [-0.25, -0.2) is 9.18 Å². The Balaban J connectivity index is 2.55. The second-order valence-electron chi connectivity index (χ2n) is 4.49. The first-order valence-corrected chi connectivity index (χ1v) is 7.33. The molecule has 2 N–H and O–H groups in total. The van der Waals surface area contributed by atoms with Gasteiger partial charge in [-0.15, -0.1) is 11.8 Å². The monoisotopic (exact) mass is 299 g/mol. The Hall–Kier alpha value is -1.56. The van der Waals surface area contributed by atoms with Crippen LogP contribution in [0.5, 0.6) is 0 Å². The number of rotatable bonds is 7. The number of hydrogen-bond acceptors (Lipinski definition) is 3. The third-order valence-corrected chi connectivity index (χ3v) is 4.04. The number of amides is 1. The van der Waals surface area contributed by atoms with Crippen molar-refractivity contribution < 1.29 is 19.1 Å². The molecule has 0 spiro atoms. The van der Waals surface area contributed by atoms with Crippen molar-refractivity contribution in [3.63, 3.8) is 0 Å². The van der Waals surface area contributed by atoms with Crippen LogP contribution in [0.4, 0.5) is 4.39 Å². The number of nitrogens with one attached hydrogen (secondary N) is 1. The number of halogens is 1. The molecule has 2 unspecified atom stereocenters. The van der Waals surface area contributed by atoms with Gasteiger partial charge in [0.25, 0.3) is 0 Å². The number of aliphatic carboxylic acids is 1. The zero-order chi connectivity index (χ0) is 15.1. The highest BCUT2D eigenvalue weighted by molar-refractivity contribution is 8.00. The molecule has 6 heteroatoms. The number of hydrogen-bond donors (Lipinski definition) is 2. The summed E-state index contributed by atoms with van der Waals surface area (Å²) >= 11 is 1.05. The SMILES string of the molecule is CCC(C)C(NC(=O)CSc1ccccc1F)C(=O)O. The molecule has 0 aliphatic heterocycles. The number of carbonyl (C=O) groups excluding carboxylic acids is 1. The van der Waals surface area contributed by atoms with E-state index in [1.807, 2.05) is 6.92 Å². The molecule has 0 heterocycles. The fraction of sp³-hybridized carbons (Fsp3) is 0.429. The van der Waals surface area contributed by atoms with Crippen molar-refractivity contribution in [3.8, 4) is 0 Å². The fourth-order valence-corrected chi connectivity index (χ4v) is 2.35. The molecular formula is C14H18FNO3S. The van der Waals surface area contributed by atoms with Crippen molar-refractivity contribution in [2.45, 2.75) is 31.2 Å². The maximum absolute atomic E-state index is 13.4. The highest BCUT2D eigenvalue weighted by atomic mass is 32.2. The van der Waals surface area contributed by atoms with Gasteiger partial charge in [0.1, 0.15) is 11.9 Å². The molecule has 110 valence electrons. The lowest BCUT2D eigenvalue weighted by atomic mass is 9.99. The van der Waals surface area contributed by atoms with Crippen LogP contribution >= 0.6 is 11.8 Å². The Labute approximate surface area is 121 Å². The standard InChI is InChI=1S/C14H18FNO3S/c1-3-9(2)13(14(18)19)16-12(17)8-20-11-7-5-4-6-10(11)15/h4-7,9,13H,3,8H2,1-2H3,(H,16,17)(H,18,19). The molecule has 2 atom stereocenters. The van der Waals surface area contributed by atoms with Crippen molar-refractivity contribution in [2.75, 3.05) is 5.75 Å². The summed E-state index contributed by atoms with van der Waals surface area (Å²) in [5.74, 6) is -2.02. The van der Waals surface area contributed by atoms with Crippen molar-refractivity contribution >= 4 is 23.6 Å². The molecule has 1 amide bonds. The quantitative estimate of drug-likeness (QED) is 0.759. The van der Waals surface area contributed by atoms with Gasteiger partial charge in [0.05, 0.1) is 5.75 Å². The maximum Gasteiger partial charge on any atom is 0.326 e. The van der Waals surface area contributed by atoms with E-state index in [-0.39, 0.29) is 17.5 Å². The Morgan fingerprint density at radius 1 is 1.40 bits per heavy atom. The highest BCUT2D eigenvalue weighted by Gasteiger charge is 2.25. The fourth-order valence-electron chi connectivity index (χ4n) is 1.60. The van der Waals surface area contributed by atoms with Gasteiger partial charge in [-0.1, -0.05) is 32.4 Å². The maximum atomic E-state index is 13.4. The summed E-state index contributed by atoms with van der Waals surface area (Å²) in [4.78, 5) is 23.2. The van der Waals surface area contributed by atoms with E-state index in [1.54, 1.807) is 25.1 Å². The normalized spacial score (nSPS) is 13.6. The van der Waals surface area contributed by atoms with Crippen LogP contribution < -0.4 is 5.32 Å². The van der Waals surface area contributed by atoms with Crippen LogP contribution in [0.3, 0.4) is 0 Å². The smallest absolute Gasteiger partial charge is 0.326 e. The summed E-state index contributed by atoms with van der Waals surface area (Å²) < 4.78 is 13.4. The van der Waals surface area contributed by atoms with Crippen LogP contribution in [0.15, 0.2) is 29.2 Å². The molecule has 0 saturated carbocycles. The second-order valence-corrected chi connectivity index (χ2v) is 5.51. The van der Waals surface area contributed by atoms with Crippen LogP contribution in [0.1, 0.15) is 20.3 Å². The van der Waals surface area contributed by atoms with Gasteiger partial charge < -0.3 is 10.4 Å². The minimum Gasteiger partial charge on any atom is -0.480 e. The Morgan fingerprint density at radius 2 is 2.05 bits per heavy atom. The van der Waals surface area contributed by atoms with Gasteiger partial charge in [-0.3, -0.25) is 4.79 Å². The van der Waals surface area contributed by atoms with Crippen LogP contribution in [0.2, 0.25) is 0 Å². The molecule has 4 nitrogen and oxygen atoms in total. The zero-order valence-electron chi connectivity index (χ0n) is 11.4. The van der Waals surface area contributed by atoms with Gasteiger partial charge in [0.15, 0.2) is 0 Å². The van der Waals surface area contributed by atoms with E-state index in [0.717, 1.165) is 11.8 Å². The number of benzene rings is 1. The second kappa shape index (κ2) is 7.89. The summed E-state index contributed by atoms with van der Waals surface area (Å²) in [6.45, 7) is 3.63. The van der Waals surface area contributed by atoms with E-state index in [2.05, 4.69) is 5.32 Å². The highest BCUT2D eigenvalue weighted by Crippen LogP contribution is 2.20. The van der Waals surface area contributed by atoms with Crippen LogP contribution in [-0.2, 0) is 9.59 Å². The predicted molar refractivity (Wildman–Crippen MR) is 76.1 cm³/mol. The lowest BCUT2D eigenvalue weighted by Crippen LogP contribution is -2.45. The van der Waals surface area contributed by atoms with Gasteiger partial charge in [0.2, 0.25) is 5.91 Å². The van der Waals surface area contributed by atoms with E-state index in [4.69, 9.17) is 5.11 Å². The molecule has 0 aliphatic carbocycles. The van der Waals surface area contributed by atoms with Crippen molar-refractivity contribution in [2.24, 2.45) is 5.92 Å². The Morgan fingerprint density at radius 3 is 2.60 bits per heavy atom. The third-order valence-electron chi connectivity index (χ3n) is 2.99. The van der Waals surface area contributed by atoms with Crippen LogP contribution in [0, 0.1) is 11.7 Å². The summed E-state index contributed by atoms with van der Waals surface area (Å²) in [7, 11) is 0. The molecule has 0 saturated heterocycles. The molecule has 0 aromatic heterocycles. The first-order valence-electron chi connectivity index (χ1n) is 6.35. The largest absolute Gasteiger partial charge is 0.480 e. The summed E-state index contributed by atoms with van der Waals surface area (Å²) in [5.41, 5.74) is 0. The van der Waals surface area contributed by atoms with Crippen LogP contribution in [0.25, 0.3) is 0 Å². The minimum atomic E-state index is -1.05. The minimum absolute atomic E-state index is 0.0128. The summed E-state index contributed by atoms with van der Waals surface area (Å²) in [6, 6.07) is 5.25. The lowest BCUT2D eigenvalue weighted by Gasteiger charge is -2.20. The Bertz CT molecular complexity index is 481. The van der Waals surface area contributed by atoms with Gasteiger partial charge >= 0.3 is 5.97 Å². The topological polar surface area (TPSA) is 66.4 Å². The van der Waals surface area contributed by atoms with Gasteiger partial charge in [-0.05, 0) is 18.1 Å². The number of carboxylic acids is 1. The van der Waals surface area contributed by atoms with Gasteiger partial charge in [-0.2, -0.15) is 0 Å². The molecule has 1 aromatic rings. The molecule has 20 heavy (non-hydrogen) atoms. The molecule has 0 bridgehead atoms. The average molecular weight is 299 g/mol. The summed E-state index contributed by atoms with van der Waals surface area (Å²) in [5, 5.41) is 11.5. The lowest BCUT2D eigenvalue weighted by molar-refractivity contribution is -0.143. The number of carboxylic acid groups (broad SMARTS) is 1. The van der Waals surface area contributed by atoms with E-state index in [1.165, 1.54) is 6.07 Å². The average Bonchev–Trinajstić information content (AvgIpc) is 2.42. The van der Waals surface area contributed by atoms with E-state index in [0.29, 0.717) is 11.3 Å². The first-order chi connectivity index (χ1) is 9.45. The first kappa shape index (κ1) is 16.5. The molecular weight excluding hydrogens is 281 g/mol. The molecule has 0 fully saturated rings. The Kier molecular flexibility index (Phi) is 6.51. The molecule has 0 aliphatic rings. The van der Waals surface area contributed by atoms with E-state index in [9.17, 15) is 14.0 Å². The molecule has 1 rings (SSSR count). The van der Waals surface area contributed by atoms with E-state index < -0.39 is 17.9 Å². The van der Waals surface area contributed by atoms with Crippen molar-refractivity contribution in [3.05, 3.63) is 30.1 Å². The zero-order valence-corrected chi connectivity index (χ0v) is 12.2. The predicted octanol–water partition coefficient (Wildman–Crippen LogP) is 2.53. The van der Waals surface area contributed by atoms with Crippen LogP contribution in [-0.4, -0.2) is 28.8 Å². The van der Waals surface area contributed by atoms with Gasteiger partial charge in [0, 0.05) is 4.90 Å². The van der Waals surface area contributed by atoms with Crippen molar-refractivity contribution in [1.82, 2.24) is 5.32 Å². The van der Waals surface area contributed by atoms with Crippen molar-refractivity contribution in [1.29, 1.82) is 0 Å². The number of carbonyl (C=O) groups is 2. The molecule has 1 aromatic carbocycles.